The Morgan fingerprint density at radius 2 is 2.41 bits per heavy atom. The summed E-state index contributed by atoms with van der Waals surface area (Å²) in [7, 11) is -3.07. The van der Waals surface area contributed by atoms with Crippen molar-refractivity contribution in [2.24, 2.45) is 5.41 Å². The van der Waals surface area contributed by atoms with Crippen molar-refractivity contribution in [1.82, 2.24) is 14.8 Å². The fourth-order valence-corrected chi connectivity index (χ4v) is 4.17. The van der Waals surface area contributed by atoms with Crippen LogP contribution in [-0.4, -0.2) is 34.7 Å². The Bertz CT molecular complexity index is 557. The van der Waals surface area contributed by atoms with Crippen LogP contribution < -0.4 is 0 Å². The van der Waals surface area contributed by atoms with Crippen molar-refractivity contribution in [3.05, 3.63) is 12.2 Å². The molecule has 0 bridgehead atoms. The topological polar surface area (TPSA) is 88.6 Å². The van der Waals surface area contributed by atoms with Gasteiger partial charge < -0.3 is 0 Å². The Morgan fingerprint density at radius 3 is 2.94 bits per heavy atom. The Balaban J connectivity index is 2.26. The molecule has 0 amide bonds. The van der Waals surface area contributed by atoms with Crippen molar-refractivity contribution in [1.29, 1.82) is 5.26 Å². The molecule has 92 valence electrons. The standard InChI is InChI=1S/C10H14N4O2S/c1-2-14-9(12-8-13-14)5-10(6-11)3-4-17(15,16)7-10/h8H,2-5,7H2,1H3. The van der Waals surface area contributed by atoms with Gasteiger partial charge in [-0.2, -0.15) is 10.4 Å². The molecule has 1 unspecified atom stereocenters. The van der Waals surface area contributed by atoms with E-state index in [4.69, 9.17) is 0 Å². The van der Waals surface area contributed by atoms with Crippen molar-refractivity contribution in [3.63, 3.8) is 0 Å². The number of rotatable bonds is 3. The first-order valence-corrected chi connectivity index (χ1v) is 7.31. The lowest BCUT2D eigenvalue weighted by Gasteiger charge is -2.17. The van der Waals surface area contributed by atoms with E-state index in [0.717, 1.165) is 0 Å². The summed E-state index contributed by atoms with van der Waals surface area (Å²) < 4.78 is 24.7. The minimum atomic E-state index is -3.07. The molecule has 1 aliphatic heterocycles. The molecule has 2 rings (SSSR count). The van der Waals surface area contributed by atoms with Crippen molar-refractivity contribution in [2.75, 3.05) is 11.5 Å². The molecule has 2 heterocycles. The molecule has 1 saturated heterocycles. The van der Waals surface area contributed by atoms with Gasteiger partial charge in [-0.15, -0.1) is 0 Å². The van der Waals surface area contributed by atoms with Crippen LogP contribution in [0.4, 0.5) is 0 Å². The molecular formula is C10H14N4O2S. The van der Waals surface area contributed by atoms with Crippen LogP contribution >= 0.6 is 0 Å². The Labute approximate surface area is 100 Å². The predicted octanol–water partition coefficient (Wildman–Crippen LogP) is 0.169. The molecule has 1 aromatic rings. The van der Waals surface area contributed by atoms with Gasteiger partial charge in [0.05, 0.1) is 23.0 Å². The average Bonchev–Trinajstić information content (AvgIpc) is 2.84. The number of aryl methyl sites for hydroxylation is 1. The maximum Gasteiger partial charge on any atom is 0.151 e. The normalized spacial score (nSPS) is 26.8. The Kier molecular flexibility index (Phi) is 2.91. The van der Waals surface area contributed by atoms with Crippen LogP contribution in [-0.2, 0) is 22.8 Å². The predicted molar refractivity (Wildman–Crippen MR) is 60.7 cm³/mol. The lowest BCUT2D eigenvalue weighted by molar-refractivity contribution is 0.424. The van der Waals surface area contributed by atoms with Crippen molar-refractivity contribution >= 4 is 9.84 Å². The minimum Gasteiger partial charge on any atom is -0.250 e. The van der Waals surface area contributed by atoms with E-state index in [-0.39, 0.29) is 11.5 Å². The van der Waals surface area contributed by atoms with Crippen LogP contribution in [0.2, 0.25) is 0 Å². The monoisotopic (exact) mass is 254 g/mol. The van der Waals surface area contributed by atoms with Crippen LogP contribution in [0.1, 0.15) is 19.2 Å². The highest BCUT2D eigenvalue weighted by molar-refractivity contribution is 7.91. The summed E-state index contributed by atoms with van der Waals surface area (Å²) in [4.78, 5) is 4.10. The van der Waals surface area contributed by atoms with Gasteiger partial charge in [-0.1, -0.05) is 0 Å². The molecular weight excluding hydrogens is 240 g/mol. The fraction of sp³-hybridized carbons (Fsp3) is 0.700. The van der Waals surface area contributed by atoms with Gasteiger partial charge in [0.15, 0.2) is 9.84 Å². The molecule has 0 saturated carbocycles. The highest BCUT2D eigenvalue weighted by Gasteiger charge is 2.43. The quantitative estimate of drug-likeness (QED) is 0.767. The number of hydrogen-bond acceptors (Lipinski definition) is 5. The molecule has 17 heavy (non-hydrogen) atoms. The second-order valence-corrected chi connectivity index (χ2v) is 6.59. The van der Waals surface area contributed by atoms with E-state index >= 15 is 0 Å². The van der Waals surface area contributed by atoms with Gasteiger partial charge in [0.25, 0.3) is 0 Å². The molecule has 1 atom stereocenters. The fourth-order valence-electron chi connectivity index (χ4n) is 2.18. The molecule has 1 aliphatic rings. The molecule has 0 aromatic carbocycles. The second-order valence-electron chi connectivity index (χ2n) is 4.40. The zero-order chi connectivity index (χ0) is 12.5. The van der Waals surface area contributed by atoms with E-state index in [9.17, 15) is 13.7 Å². The summed E-state index contributed by atoms with van der Waals surface area (Å²) in [6, 6.07) is 2.16. The molecule has 0 radical (unpaired) electrons. The molecule has 1 aromatic heterocycles. The van der Waals surface area contributed by atoms with E-state index in [0.29, 0.717) is 25.2 Å². The van der Waals surface area contributed by atoms with E-state index < -0.39 is 15.3 Å². The van der Waals surface area contributed by atoms with Gasteiger partial charge >= 0.3 is 0 Å². The second kappa shape index (κ2) is 4.11. The lowest BCUT2D eigenvalue weighted by Crippen LogP contribution is -2.25. The zero-order valence-corrected chi connectivity index (χ0v) is 10.4. The molecule has 0 N–H and O–H groups in total. The van der Waals surface area contributed by atoms with Crippen LogP contribution in [0, 0.1) is 16.7 Å². The molecule has 1 fully saturated rings. The SMILES string of the molecule is CCn1ncnc1CC1(C#N)CCS(=O)(=O)C1. The third-order valence-corrected chi connectivity index (χ3v) is 4.94. The van der Waals surface area contributed by atoms with Gasteiger partial charge in [0, 0.05) is 13.0 Å². The van der Waals surface area contributed by atoms with Crippen LogP contribution in [0.3, 0.4) is 0 Å². The van der Waals surface area contributed by atoms with Crippen molar-refractivity contribution < 1.29 is 8.42 Å². The smallest absolute Gasteiger partial charge is 0.151 e. The number of hydrogen-bond donors (Lipinski definition) is 0. The van der Waals surface area contributed by atoms with Gasteiger partial charge in [-0.3, -0.25) is 4.68 Å². The summed E-state index contributed by atoms with van der Waals surface area (Å²) in [5, 5.41) is 13.3. The first-order chi connectivity index (χ1) is 8.00. The van der Waals surface area contributed by atoms with Crippen LogP contribution in [0.15, 0.2) is 6.33 Å². The first kappa shape index (κ1) is 12.0. The van der Waals surface area contributed by atoms with Crippen LogP contribution in [0.25, 0.3) is 0 Å². The van der Waals surface area contributed by atoms with E-state index in [1.165, 1.54) is 6.33 Å². The Hall–Kier alpha value is -1.42. The Morgan fingerprint density at radius 1 is 1.65 bits per heavy atom. The maximum absolute atomic E-state index is 11.5. The maximum atomic E-state index is 11.5. The summed E-state index contributed by atoms with van der Waals surface area (Å²) in [6.45, 7) is 2.60. The largest absolute Gasteiger partial charge is 0.250 e. The van der Waals surface area contributed by atoms with Crippen LogP contribution in [0.5, 0.6) is 0 Å². The minimum absolute atomic E-state index is 0.0624. The number of nitriles is 1. The van der Waals surface area contributed by atoms with Gasteiger partial charge in [0.1, 0.15) is 12.2 Å². The third-order valence-electron chi connectivity index (χ3n) is 3.12. The summed E-state index contributed by atoms with van der Waals surface area (Å²) in [5.74, 6) is 0.722. The van der Waals surface area contributed by atoms with E-state index in [2.05, 4.69) is 16.2 Å². The van der Waals surface area contributed by atoms with Crippen molar-refractivity contribution in [3.8, 4) is 6.07 Å². The average molecular weight is 254 g/mol. The first-order valence-electron chi connectivity index (χ1n) is 5.49. The van der Waals surface area contributed by atoms with E-state index in [1.807, 2.05) is 6.92 Å². The molecule has 0 spiro atoms. The molecule has 0 aliphatic carbocycles. The van der Waals surface area contributed by atoms with Gasteiger partial charge in [-0.25, -0.2) is 13.4 Å². The molecule has 7 heteroatoms. The summed E-state index contributed by atoms with van der Waals surface area (Å²) in [6.07, 6.45) is 2.19. The summed E-state index contributed by atoms with van der Waals surface area (Å²) in [5.41, 5.74) is -0.821. The third kappa shape index (κ3) is 2.31. The van der Waals surface area contributed by atoms with Gasteiger partial charge in [-0.05, 0) is 13.3 Å². The van der Waals surface area contributed by atoms with E-state index in [1.54, 1.807) is 4.68 Å². The molecule has 6 nitrogen and oxygen atoms in total. The van der Waals surface area contributed by atoms with Gasteiger partial charge in [0.2, 0.25) is 0 Å². The number of aromatic nitrogens is 3. The lowest BCUT2D eigenvalue weighted by atomic mass is 9.85. The van der Waals surface area contributed by atoms with Crippen molar-refractivity contribution in [2.45, 2.75) is 26.3 Å². The number of nitrogens with zero attached hydrogens (tertiary/aromatic N) is 4. The highest BCUT2D eigenvalue weighted by Crippen LogP contribution is 2.34. The summed E-state index contributed by atoms with van der Waals surface area (Å²) >= 11 is 0. The highest BCUT2D eigenvalue weighted by atomic mass is 32.2. The number of sulfone groups is 1. The zero-order valence-electron chi connectivity index (χ0n) is 9.63.